The molecule has 0 atom stereocenters. The lowest BCUT2D eigenvalue weighted by atomic mass is 10.1. The number of benzene rings is 1. The van der Waals surface area contributed by atoms with Gasteiger partial charge in [-0.2, -0.15) is 0 Å². The third-order valence-electron chi connectivity index (χ3n) is 4.49. The number of rotatable bonds is 5. The van der Waals surface area contributed by atoms with Crippen LogP contribution in [0.2, 0.25) is 0 Å². The first kappa shape index (κ1) is 16.9. The van der Waals surface area contributed by atoms with Crippen LogP contribution in [0.15, 0.2) is 41.8 Å². The first-order chi connectivity index (χ1) is 11.7. The number of thiophene rings is 1. The molecular formula is C19H22FN2OS+. The molecule has 3 nitrogen and oxygen atoms in total. The Morgan fingerprint density at radius 3 is 2.75 bits per heavy atom. The number of carbonyl (C=O) groups excluding carboxylic acids is 1. The lowest BCUT2D eigenvalue weighted by molar-refractivity contribution is -0.898. The standard InChI is InChI=1S/C19H21FN2OS/c1-2-21-9-11-22(12-10-21)18-7-5-15(14-17(18)20)19(23)8-6-16-4-3-13-24-16/h3-8,13-14H,2,9-12H2,1H3/p+1/b8-6+. The zero-order valence-electron chi connectivity index (χ0n) is 13.8. The van der Waals surface area contributed by atoms with Crippen molar-refractivity contribution in [2.45, 2.75) is 6.92 Å². The van der Waals surface area contributed by atoms with Crippen LogP contribution in [-0.2, 0) is 0 Å². The van der Waals surface area contributed by atoms with Gasteiger partial charge in [-0.05, 0) is 48.7 Å². The van der Waals surface area contributed by atoms with Crippen molar-refractivity contribution in [2.24, 2.45) is 0 Å². The van der Waals surface area contributed by atoms with Gasteiger partial charge in [0.05, 0.1) is 38.4 Å². The maximum absolute atomic E-state index is 14.5. The summed E-state index contributed by atoms with van der Waals surface area (Å²) in [7, 11) is 0. The Morgan fingerprint density at radius 1 is 1.33 bits per heavy atom. The number of nitrogens with zero attached hydrogens (tertiary/aromatic N) is 1. The number of piperazine rings is 1. The highest BCUT2D eigenvalue weighted by molar-refractivity contribution is 7.10. The van der Waals surface area contributed by atoms with Gasteiger partial charge >= 0.3 is 0 Å². The van der Waals surface area contributed by atoms with E-state index in [1.807, 2.05) is 17.5 Å². The molecule has 2 aromatic rings. The molecule has 0 saturated carbocycles. The van der Waals surface area contributed by atoms with Gasteiger partial charge in [-0.25, -0.2) is 4.39 Å². The molecule has 0 aliphatic carbocycles. The number of anilines is 1. The number of nitrogens with one attached hydrogen (secondary N) is 1. The van der Waals surface area contributed by atoms with Gasteiger partial charge in [0.15, 0.2) is 5.78 Å². The Balaban J connectivity index is 1.69. The zero-order chi connectivity index (χ0) is 16.9. The normalized spacial score (nSPS) is 16.0. The van der Waals surface area contributed by atoms with E-state index in [1.165, 1.54) is 12.1 Å². The van der Waals surface area contributed by atoms with Gasteiger partial charge in [0.25, 0.3) is 0 Å². The van der Waals surface area contributed by atoms with Crippen LogP contribution in [0.1, 0.15) is 22.2 Å². The third-order valence-corrected chi connectivity index (χ3v) is 5.32. The Hall–Kier alpha value is -1.98. The van der Waals surface area contributed by atoms with Crippen LogP contribution in [0.5, 0.6) is 0 Å². The second kappa shape index (κ2) is 7.73. The van der Waals surface area contributed by atoms with E-state index in [2.05, 4.69) is 11.8 Å². The Bertz CT molecular complexity index is 719. The molecule has 1 aromatic heterocycles. The summed E-state index contributed by atoms with van der Waals surface area (Å²) in [5.74, 6) is -0.487. The minimum atomic E-state index is -0.315. The van der Waals surface area contributed by atoms with E-state index in [-0.39, 0.29) is 11.6 Å². The van der Waals surface area contributed by atoms with Crippen LogP contribution in [0, 0.1) is 5.82 Å². The number of halogens is 1. The van der Waals surface area contributed by atoms with Crippen molar-refractivity contribution >= 4 is 28.9 Å². The van der Waals surface area contributed by atoms with Crippen molar-refractivity contribution in [2.75, 3.05) is 37.6 Å². The highest BCUT2D eigenvalue weighted by atomic mass is 32.1. The van der Waals surface area contributed by atoms with E-state index in [4.69, 9.17) is 0 Å². The smallest absolute Gasteiger partial charge is 0.185 e. The highest BCUT2D eigenvalue weighted by Gasteiger charge is 2.21. The SMILES string of the molecule is CC[NH+]1CCN(c2ccc(C(=O)/C=C/c3cccs3)cc2F)CC1. The first-order valence-electron chi connectivity index (χ1n) is 8.31. The molecule has 1 saturated heterocycles. The summed E-state index contributed by atoms with van der Waals surface area (Å²) in [6, 6.07) is 8.69. The molecule has 2 heterocycles. The molecule has 1 aliphatic rings. The van der Waals surface area contributed by atoms with E-state index in [1.54, 1.807) is 34.4 Å². The van der Waals surface area contributed by atoms with Crippen molar-refractivity contribution in [3.8, 4) is 0 Å². The molecule has 5 heteroatoms. The van der Waals surface area contributed by atoms with Crippen molar-refractivity contribution < 1.29 is 14.1 Å². The lowest BCUT2D eigenvalue weighted by Crippen LogP contribution is -3.14. The molecule has 0 spiro atoms. The summed E-state index contributed by atoms with van der Waals surface area (Å²) in [5.41, 5.74) is 0.991. The van der Waals surface area contributed by atoms with Gasteiger partial charge in [0, 0.05) is 10.4 Å². The molecule has 0 amide bonds. The largest absolute Gasteiger partial charge is 0.358 e. The minimum Gasteiger partial charge on any atom is -0.358 e. The van der Waals surface area contributed by atoms with Crippen molar-refractivity contribution in [1.29, 1.82) is 0 Å². The number of hydrogen-bond acceptors (Lipinski definition) is 3. The molecule has 3 rings (SSSR count). The monoisotopic (exact) mass is 345 g/mol. The number of hydrogen-bond donors (Lipinski definition) is 1. The van der Waals surface area contributed by atoms with Crippen LogP contribution in [0.3, 0.4) is 0 Å². The van der Waals surface area contributed by atoms with E-state index >= 15 is 0 Å². The molecule has 1 aromatic carbocycles. The topological polar surface area (TPSA) is 24.8 Å². The summed E-state index contributed by atoms with van der Waals surface area (Å²) in [4.78, 5) is 16.8. The predicted molar refractivity (Wildman–Crippen MR) is 97.5 cm³/mol. The lowest BCUT2D eigenvalue weighted by Gasteiger charge is -2.33. The molecule has 1 N–H and O–H groups in total. The molecule has 0 unspecified atom stereocenters. The number of allylic oxidation sites excluding steroid dienone is 1. The fourth-order valence-electron chi connectivity index (χ4n) is 2.97. The van der Waals surface area contributed by atoms with Crippen LogP contribution in [0.25, 0.3) is 6.08 Å². The van der Waals surface area contributed by atoms with Gasteiger partial charge < -0.3 is 9.80 Å². The molecule has 0 radical (unpaired) electrons. The third kappa shape index (κ3) is 3.91. The first-order valence-corrected chi connectivity index (χ1v) is 9.19. The maximum atomic E-state index is 14.5. The van der Waals surface area contributed by atoms with Crippen molar-refractivity contribution in [3.05, 3.63) is 58.0 Å². The van der Waals surface area contributed by atoms with E-state index in [0.717, 1.165) is 37.6 Å². The van der Waals surface area contributed by atoms with Crippen LogP contribution in [0.4, 0.5) is 10.1 Å². The van der Waals surface area contributed by atoms with Gasteiger partial charge in [0.1, 0.15) is 5.82 Å². The van der Waals surface area contributed by atoms with Gasteiger partial charge in [-0.15, -0.1) is 11.3 Å². The number of likely N-dealkylation sites (N-methyl/N-ethyl adjacent to an activating group) is 1. The van der Waals surface area contributed by atoms with Crippen LogP contribution >= 0.6 is 11.3 Å². The zero-order valence-corrected chi connectivity index (χ0v) is 14.6. The molecule has 1 fully saturated rings. The Labute approximate surface area is 146 Å². The van der Waals surface area contributed by atoms with E-state index in [9.17, 15) is 9.18 Å². The highest BCUT2D eigenvalue weighted by Crippen LogP contribution is 2.21. The fourth-order valence-corrected chi connectivity index (χ4v) is 3.59. The number of ketones is 1. The minimum absolute atomic E-state index is 0.172. The van der Waals surface area contributed by atoms with E-state index < -0.39 is 0 Å². The molecule has 24 heavy (non-hydrogen) atoms. The van der Waals surface area contributed by atoms with Gasteiger partial charge in [0.2, 0.25) is 0 Å². The van der Waals surface area contributed by atoms with E-state index in [0.29, 0.717) is 11.3 Å². The number of quaternary nitrogens is 1. The van der Waals surface area contributed by atoms with Crippen molar-refractivity contribution in [3.63, 3.8) is 0 Å². The molecule has 0 bridgehead atoms. The summed E-state index contributed by atoms with van der Waals surface area (Å²) in [5, 5.41) is 1.96. The van der Waals surface area contributed by atoms with Crippen molar-refractivity contribution in [1.82, 2.24) is 0 Å². The van der Waals surface area contributed by atoms with Crippen LogP contribution < -0.4 is 9.80 Å². The molecule has 126 valence electrons. The summed E-state index contributed by atoms with van der Waals surface area (Å²) in [6.45, 7) is 7.05. The molecule has 1 aliphatic heterocycles. The van der Waals surface area contributed by atoms with Crippen LogP contribution in [-0.4, -0.2) is 38.5 Å². The summed E-state index contributed by atoms with van der Waals surface area (Å²) >= 11 is 1.56. The van der Waals surface area contributed by atoms with Gasteiger partial charge in [-0.3, -0.25) is 4.79 Å². The second-order valence-electron chi connectivity index (χ2n) is 5.97. The Morgan fingerprint density at radius 2 is 2.12 bits per heavy atom. The van der Waals surface area contributed by atoms with Gasteiger partial charge in [-0.1, -0.05) is 6.07 Å². The predicted octanol–water partition coefficient (Wildman–Crippen LogP) is 2.51. The fraction of sp³-hybridized carbons (Fsp3) is 0.316. The summed E-state index contributed by atoms with van der Waals surface area (Å²) < 4.78 is 14.5. The Kier molecular flexibility index (Phi) is 5.43. The second-order valence-corrected chi connectivity index (χ2v) is 6.95. The average molecular weight is 345 g/mol. The quantitative estimate of drug-likeness (QED) is 0.665. The molecular weight excluding hydrogens is 323 g/mol. The number of carbonyl (C=O) groups is 1. The maximum Gasteiger partial charge on any atom is 0.185 e. The average Bonchev–Trinajstić information content (AvgIpc) is 3.13. The summed E-state index contributed by atoms with van der Waals surface area (Å²) in [6.07, 6.45) is 3.27.